The number of benzene rings is 2. The van der Waals surface area contributed by atoms with Crippen LogP contribution >= 0.6 is 0 Å². The number of carbonyl (C=O) groups is 1. The van der Waals surface area contributed by atoms with Crippen LogP contribution in [0.25, 0.3) is 11.1 Å². The van der Waals surface area contributed by atoms with E-state index in [1.807, 2.05) is 24.3 Å². The van der Waals surface area contributed by atoms with Crippen LogP contribution in [0.3, 0.4) is 0 Å². The van der Waals surface area contributed by atoms with E-state index in [0.717, 1.165) is 17.4 Å². The maximum absolute atomic E-state index is 11.6. The van der Waals surface area contributed by atoms with Gasteiger partial charge in [-0.2, -0.15) is 0 Å². The first kappa shape index (κ1) is 19.7. The van der Waals surface area contributed by atoms with Crippen molar-refractivity contribution in [1.82, 2.24) is 0 Å². The molecule has 3 rings (SSSR count). The minimum Gasteiger partial charge on any atom is -0.465 e. The summed E-state index contributed by atoms with van der Waals surface area (Å²) in [6.45, 7) is 2.29. The number of unbranched alkanes of at least 4 members (excludes halogenated alkanes) is 2. The lowest BCUT2D eigenvalue weighted by molar-refractivity contribution is 0.0601. The van der Waals surface area contributed by atoms with Crippen molar-refractivity contribution in [2.75, 3.05) is 7.11 Å². The summed E-state index contributed by atoms with van der Waals surface area (Å²) in [7, 11) is 1.41. The van der Waals surface area contributed by atoms with Gasteiger partial charge in [0.2, 0.25) is 0 Å². The quantitative estimate of drug-likeness (QED) is 0.391. The molecule has 0 bridgehead atoms. The van der Waals surface area contributed by atoms with Crippen LogP contribution in [0.15, 0.2) is 48.5 Å². The molecule has 2 aromatic rings. The van der Waals surface area contributed by atoms with Crippen molar-refractivity contribution in [3.63, 3.8) is 0 Å². The molecule has 0 aliphatic heterocycles. The zero-order valence-corrected chi connectivity index (χ0v) is 16.7. The van der Waals surface area contributed by atoms with E-state index in [2.05, 4.69) is 31.2 Å². The fourth-order valence-electron chi connectivity index (χ4n) is 4.33. The van der Waals surface area contributed by atoms with E-state index in [4.69, 9.17) is 4.74 Å². The third kappa shape index (κ3) is 5.22. The van der Waals surface area contributed by atoms with Gasteiger partial charge < -0.3 is 4.74 Å². The molecule has 1 fully saturated rings. The molecule has 2 nitrogen and oxygen atoms in total. The molecule has 1 aliphatic rings. The van der Waals surface area contributed by atoms with Crippen LogP contribution in [0.2, 0.25) is 0 Å². The first-order valence-electron chi connectivity index (χ1n) is 10.5. The van der Waals surface area contributed by atoms with Gasteiger partial charge in [-0.3, -0.25) is 0 Å². The molecule has 27 heavy (non-hydrogen) atoms. The SMILES string of the molecule is CCCCCC1CCC(c2ccc(-c3ccc(C(=O)OC)cc3)cc2)CC1. The highest BCUT2D eigenvalue weighted by Gasteiger charge is 2.22. The highest BCUT2D eigenvalue weighted by molar-refractivity contribution is 5.89. The summed E-state index contributed by atoms with van der Waals surface area (Å²) >= 11 is 0. The average Bonchev–Trinajstić information content (AvgIpc) is 2.74. The van der Waals surface area contributed by atoms with Crippen molar-refractivity contribution in [1.29, 1.82) is 0 Å². The second-order valence-corrected chi connectivity index (χ2v) is 7.90. The van der Waals surface area contributed by atoms with Gasteiger partial charge in [-0.1, -0.05) is 69.0 Å². The topological polar surface area (TPSA) is 26.3 Å². The molecule has 0 radical (unpaired) electrons. The van der Waals surface area contributed by atoms with Crippen molar-refractivity contribution < 1.29 is 9.53 Å². The average molecular weight is 365 g/mol. The lowest BCUT2D eigenvalue weighted by atomic mass is 9.77. The van der Waals surface area contributed by atoms with Crippen molar-refractivity contribution >= 4 is 5.97 Å². The largest absolute Gasteiger partial charge is 0.465 e. The standard InChI is InChI=1S/C25H32O2/c1-3-4-5-6-19-7-9-20(10-8-19)21-11-13-22(14-12-21)23-15-17-24(18-16-23)25(26)27-2/h11-20H,3-10H2,1-2H3. The molecule has 1 saturated carbocycles. The van der Waals surface area contributed by atoms with Crippen molar-refractivity contribution in [2.24, 2.45) is 5.92 Å². The Morgan fingerprint density at radius 1 is 0.889 bits per heavy atom. The van der Waals surface area contributed by atoms with Gasteiger partial charge in [-0.05, 0) is 66.3 Å². The van der Waals surface area contributed by atoms with Crippen LogP contribution in [0.5, 0.6) is 0 Å². The number of rotatable bonds is 7. The maximum Gasteiger partial charge on any atom is 0.337 e. The van der Waals surface area contributed by atoms with Gasteiger partial charge in [0.1, 0.15) is 0 Å². The van der Waals surface area contributed by atoms with E-state index in [-0.39, 0.29) is 5.97 Å². The number of esters is 1. The monoisotopic (exact) mass is 364 g/mol. The van der Waals surface area contributed by atoms with E-state index >= 15 is 0 Å². The molecule has 0 aromatic heterocycles. The van der Waals surface area contributed by atoms with Gasteiger partial charge in [0, 0.05) is 0 Å². The van der Waals surface area contributed by atoms with Crippen molar-refractivity contribution in [3.05, 3.63) is 59.7 Å². The molecule has 1 aliphatic carbocycles. The number of hydrogen-bond acceptors (Lipinski definition) is 2. The molecular weight excluding hydrogens is 332 g/mol. The van der Waals surface area contributed by atoms with Gasteiger partial charge in [0.15, 0.2) is 0 Å². The molecular formula is C25H32O2. The molecule has 0 atom stereocenters. The van der Waals surface area contributed by atoms with Gasteiger partial charge >= 0.3 is 5.97 Å². The van der Waals surface area contributed by atoms with Crippen LogP contribution in [0.1, 0.15) is 80.1 Å². The maximum atomic E-state index is 11.6. The normalized spacial score (nSPS) is 19.6. The summed E-state index contributed by atoms with van der Waals surface area (Å²) < 4.78 is 4.76. The number of methoxy groups -OCH3 is 1. The molecule has 2 heteroatoms. The summed E-state index contributed by atoms with van der Waals surface area (Å²) in [4.78, 5) is 11.6. The van der Waals surface area contributed by atoms with Crippen molar-refractivity contribution in [2.45, 2.75) is 64.2 Å². The third-order valence-electron chi connectivity index (χ3n) is 6.08. The second kappa shape index (κ2) is 9.73. The van der Waals surface area contributed by atoms with Crippen LogP contribution in [0.4, 0.5) is 0 Å². The first-order valence-corrected chi connectivity index (χ1v) is 10.5. The summed E-state index contributed by atoms with van der Waals surface area (Å²) in [6, 6.07) is 16.7. The molecule has 144 valence electrons. The zero-order chi connectivity index (χ0) is 19.1. The van der Waals surface area contributed by atoms with Crippen LogP contribution in [0, 0.1) is 5.92 Å². The summed E-state index contributed by atoms with van der Waals surface area (Å²) in [5, 5.41) is 0. The van der Waals surface area contributed by atoms with E-state index in [1.165, 1.54) is 69.6 Å². The Bertz CT molecular complexity index is 707. The Hall–Kier alpha value is -2.09. The van der Waals surface area contributed by atoms with E-state index in [0.29, 0.717) is 5.56 Å². The Labute approximate surface area is 164 Å². The Kier molecular flexibility index (Phi) is 7.09. The summed E-state index contributed by atoms with van der Waals surface area (Å²) in [5.41, 5.74) is 4.41. The van der Waals surface area contributed by atoms with Gasteiger partial charge in [0.05, 0.1) is 12.7 Å². The molecule has 0 saturated heterocycles. The summed E-state index contributed by atoms with van der Waals surface area (Å²) in [5.74, 6) is 1.39. The second-order valence-electron chi connectivity index (χ2n) is 7.90. The highest BCUT2D eigenvalue weighted by Crippen LogP contribution is 2.38. The molecule has 0 heterocycles. The summed E-state index contributed by atoms with van der Waals surface area (Å²) in [6.07, 6.45) is 11.0. The number of ether oxygens (including phenoxy) is 1. The number of carbonyl (C=O) groups excluding carboxylic acids is 1. The predicted molar refractivity (Wildman–Crippen MR) is 112 cm³/mol. The Balaban J connectivity index is 1.57. The smallest absolute Gasteiger partial charge is 0.337 e. The molecule has 2 aromatic carbocycles. The lowest BCUT2D eigenvalue weighted by Gasteiger charge is -2.29. The minimum atomic E-state index is -0.290. The van der Waals surface area contributed by atoms with E-state index in [1.54, 1.807) is 0 Å². The number of hydrogen-bond donors (Lipinski definition) is 0. The fraction of sp³-hybridized carbons (Fsp3) is 0.480. The highest BCUT2D eigenvalue weighted by atomic mass is 16.5. The minimum absolute atomic E-state index is 0.290. The first-order chi connectivity index (χ1) is 13.2. The Morgan fingerprint density at radius 2 is 1.48 bits per heavy atom. The Morgan fingerprint density at radius 3 is 2.04 bits per heavy atom. The van der Waals surface area contributed by atoms with E-state index in [9.17, 15) is 4.79 Å². The van der Waals surface area contributed by atoms with E-state index < -0.39 is 0 Å². The van der Waals surface area contributed by atoms with Crippen LogP contribution in [-0.4, -0.2) is 13.1 Å². The van der Waals surface area contributed by atoms with Gasteiger partial charge in [-0.25, -0.2) is 4.79 Å². The fourth-order valence-corrected chi connectivity index (χ4v) is 4.33. The van der Waals surface area contributed by atoms with Crippen LogP contribution in [-0.2, 0) is 4.74 Å². The molecule has 0 N–H and O–H groups in total. The van der Waals surface area contributed by atoms with Crippen molar-refractivity contribution in [3.8, 4) is 11.1 Å². The molecule has 0 unspecified atom stereocenters. The van der Waals surface area contributed by atoms with Crippen LogP contribution < -0.4 is 0 Å². The predicted octanol–water partition coefficient (Wildman–Crippen LogP) is 6.99. The molecule has 0 amide bonds. The third-order valence-corrected chi connectivity index (χ3v) is 6.08. The van der Waals surface area contributed by atoms with Gasteiger partial charge in [-0.15, -0.1) is 0 Å². The zero-order valence-electron chi connectivity index (χ0n) is 16.7. The van der Waals surface area contributed by atoms with Gasteiger partial charge in [0.25, 0.3) is 0 Å². The lowest BCUT2D eigenvalue weighted by Crippen LogP contribution is -2.13. The molecule has 0 spiro atoms.